The maximum Gasteiger partial charge on any atom is 0.251 e. The van der Waals surface area contributed by atoms with E-state index in [0.29, 0.717) is 5.82 Å². The predicted molar refractivity (Wildman–Crippen MR) is 97.5 cm³/mol. The molecule has 0 saturated heterocycles. The number of carbonyl (C=O) groups excluding carboxylic acids is 1. The lowest BCUT2D eigenvalue weighted by molar-refractivity contribution is -0.113. The highest BCUT2D eigenvalue weighted by Gasteiger charge is 2.09. The number of carbonyl (C=O) groups is 1. The largest absolute Gasteiger partial charge is 0.311 e. The molecule has 0 fully saturated rings. The van der Waals surface area contributed by atoms with Gasteiger partial charge in [0.1, 0.15) is 5.82 Å². The molecule has 1 N–H and O–H groups in total. The molecule has 0 aliphatic heterocycles. The van der Waals surface area contributed by atoms with Crippen molar-refractivity contribution in [2.45, 2.75) is 11.8 Å². The molecule has 3 rings (SSSR count). The Morgan fingerprint density at radius 2 is 2.04 bits per heavy atom. The van der Waals surface area contributed by atoms with Crippen molar-refractivity contribution in [2.75, 3.05) is 11.1 Å². The number of thioether (sulfide) groups is 1. The van der Waals surface area contributed by atoms with Crippen molar-refractivity contribution in [1.82, 2.24) is 9.55 Å². The van der Waals surface area contributed by atoms with E-state index in [1.165, 1.54) is 11.8 Å². The molecule has 1 amide bonds. The van der Waals surface area contributed by atoms with Crippen molar-refractivity contribution >= 4 is 34.4 Å². The molecule has 0 atom stereocenters. The van der Waals surface area contributed by atoms with Crippen molar-refractivity contribution < 1.29 is 4.79 Å². The Hall–Kier alpha value is -2.60. The second kappa shape index (κ2) is 6.88. The van der Waals surface area contributed by atoms with E-state index >= 15 is 0 Å². The van der Waals surface area contributed by atoms with Crippen molar-refractivity contribution in [1.29, 1.82) is 0 Å². The van der Waals surface area contributed by atoms with Gasteiger partial charge in [0.25, 0.3) is 5.56 Å². The summed E-state index contributed by atoms with van der Waals surface area (Å²) >= 11 is 1.35. The van der Waals surface area contributed by atoms with Crippen LogP contribution in [0.2, 0.25) is 0 Å². The van der Waals surface area contributed by atoms with Gasteiger partial charge in [-0.1, -0.05) is 24.3 Å². The van der Waals surface area contributed by atoms with E-state index < -0.39 is 0 Å². The SMILES string of the molecule is Cc1ccc(NC(=O)CSc2cc(=O)n(C)c3ccccc23)nc1. The van der Waals surface area contributed by atoms with E-state index in [-0.39, 0.29) is 17.2 Å². The van der Waals surface area contributed by atoms with Crippen LogP contribution in [0, 0.1) is 6.92 Å². The van der Waals surface area contributed by atoms with E-state index in [4.69, 9.17) is 0 Å². The quantitative estimate of drug-likeness (QED) is 0.742. The molecule has 0 spiro atoms. The average Bonchev–Trinajstić information content (AvgIpc) is 2.59. The van der Waals surface area contributed by atoms with Gasteiger partial charge in [0, 0.05) is 29.6 Å². The molecule has 5 nitrogen and oxygen atoms in total. The number of nitrogens with one attached hydrogen (secondary N) is 1. The minimum Gasteiger partial charge on any atom is -0.311 e. The van der Waals surface area contributed by atoms with E-state index in [0.717, 1.165) is 21.4 Å². The number of benzene rings is 1. The molecule has 0 saturated carbocycles. The first-order valence-corrected chi connectivity index (χ1v) is 8.47. The lowest BCUT2D eigenvalue weighted by Gasteiger charge is -2.10. The second-order valence-corrected chi connectivity index (χ2v) is 6.50. The van der Waals surface area contributed by atoms with Crippen LogP contribution < -0.4 is 10.9 Å². The normalized spacial score (nSPS) is 10.8. The number of hydrogen-bond donors (Lipinski definition) is 1. The Morgan fingerprint density at radius 1 is 1.25 bits per heavy atom. The summed E-state index contributed by atoms with van der Waals surface area (Å²) in [5.74, 6) is 0.591. The Bertz CT molecular complexity index is 949. The van der Waals surface area contributed by atoms with Crippen LogP contribution in [0.15, 0.2) is 58.4 Å². The van der Waals surface area contributed by atoms with E-state index in [1.807, 2.05) is 37.3 Å². The Balaban J connectivity index is 1.76. The zero-order valence-electron chi connectivity index (χ0n) is 13.4. The van der Waals surface area contributed by atoms with Gasteiger partial charge >= 0.3 is 0 Å². The number of fused-ring (bicyclic) bond motifs is 1. The number of hydrogen-bond acceptors (Lipinski definition) is 4. The summed E-state index contributed by atoms with van der Waals surface area (Å²) in [5.41, 5.74) is 1.80. The molecule has 2 aromatic heterocycles. The van der Waals surface area contributed by atoms with Gasteiger partial charge in [0.05, 0.1) is 11.3 Å². The highest BCUT2D eigenvalue weighted by Crippen LogP contribution is 2.26. The number of nitrogens with zero attached hydrogens (tertiary/aromatic N) is 2. The summed E-state index contributed by atoms with van der Waals surface area (Å²) < 4.78 is 1.61. The number of anilines is 1. The van der Waals surface area contributed by atoms with Gasteiger partial charge in [-0.05, 0) is 24.6 Å². The molecule has 0 aliphatic rings. The monoisotopic (exact) mass is 339 g/mol. The summed E-state index contributed by atoms with van der Waals surface area (Å²) in [5, 5.41) is 3.72. The van der Waals surface area contributed by atoms with E-state index in [1.54, 1.807) is 29.9 Å². The maximum absolute atomic E-state index is 12.1. The van der Waals surface area contributed by atoms with Crippen LogP contribution in [0.5, 0.6) is 0 Å². The van der Waals surface area contributed by atoms with Crippen molar-refractivity contribution in [3.05, 3.63) is 64.6 Å². The molecule has 3 aromatic rings. The zero-order chi connectivity index (χ0) is 17.1. The number of aromatic nitrogens is 2. The Morgan fingerprint density at radius 3 is 2.79 bits per heavy atom. The Kier molecular flexibility index (Phi) is 4.66. The standard InChI is InChI=1S/C18H17N3O2S/c1-12-7-8-16(19-10-12)20-17(22)11-24-15-9-18(23)21(2)14-6-4-3-5-13(14)15/h3-10H,11H2,1-2H3,(H,19,20,22). The molecule has 6 heteroatoms. The van der Waals surface area contributed by atoms with Crippen LogP contribution in [0.3, 0.4) is 0 Å². The van der Waals surface area contributed by atoms with Crippen molar-refractivity contribution in [3.63, 3.8) is 0 Å². The summed E-state index contributed by atoms with van der Waals surface area (Å²) in [6.07, 6.45) is 1.71. The Labute approximate surface area is 143 Å². The molecule has 0 radical (unpaired) electrons. The number of para-hydroxylation sites is 1. The van der Waals surface area contributed by atoms with Gasteiger partial charge in [-0.3, -0.25) is 9.59 Å². The van der Waals surface area contributed by atoms with Crippen LogP contribution in [0.1, 0.15) is 5.56 Å². The number of aryl methyl sites for hydroxylation is 2. The fourth-order valence-corrected chi connectivity index (χ4v) is 3.23. The zero-order valence-corrected chi connectivity index (χ0v) is 14.3. The van der Waals surface area contributed by atoms with Crippen molar-refractivity contribution in [2.24, 2.45) is 7.05 Å². The van der Waals surface area contributed by atoms with Gasteiger partial charge < -0.3 is 9.88 Å². The summed E-state index contributed by atoms with van der Waals surface area (Å²) in [6, 6.07) is 12.9. The number of amides is 1. The lowest BCUT2D eigenvalue weighted by Crippen LogP contribution is -2.17. The smallest absolute Gasteiger partial charge is 0.251 e. The molecular weight excluding hydrogens is 322 g/mol. The topological polar surface area (TPSA) is 64.0 Å². The van der Waals surface area contributed by atoms with Gasteiger partial charge in [0.15, 0.2) is 0 Å². The number of pyridine rings is 2. The third-order valence-electron chi connectivity index (χ3n) is 3.65. The minimum atomic E-state index is -0.152. The molecule has 2 heterocycles. The fraction of sp³-hybridized carbons (Fsp3) is 0.167. The van der Waals surface area contributed by atoms with E-state index in [2.05, 4.69) is 10.3 Å². The van der Waals surface area contributed by atoms with Crippen molar-refractivity contribution in [3.8, 4) is 0 Å². The molecule has 1 aromatic carbocycles. The number of rotatable bonds is 4. The lowest BCUT2D eigenvalue weighted by atomic mass is 10.2. The first-order valence-electron chi connectivity index (χ1n) is 7.48. The maximum atomic E-state index is 12.1. The van der Waals surface area contributed by atoms with Crippen LogP contribution in [-0.2, 0) is 11.8 Å². The van der Waals surface area contributed by atoms with Crippen LogP contribution >= 0.6 is 11.8 Å². The molecule has 0 bridgehead atoms. The van der Waals surface area contributed by atoms with Gasteiger partial charge in [-0.15, -0.1) is 11.8 Å². The average molecular weight is 339 g/mol. The summed E-state index contributed by atoms with van der Waals surface area (Å²) in [6.45, 7) is 1.94. The summed E-state index contributed by atoms with van der Waals surface area (Å²) in [7, 11) is 1.74. The third-order valence-corrected chi connectivity index (χ3v) is 4.71. The van der Waals surface area contributed by atoms with E-state index in [9.17, 15) is 9.59 Å². The summed E-state index contributed by atoms with van der Waals surface area (Å²) in [4.78, 5) is 29.1. The predicted octanol–water partition coefficient (Wildman–Crippen LogP) is 2.97. The highest BCUT2D eigenvalue weighted by molar-refractivity contribution is 8.00. The van der Waals surface area contributed by atoms with Gasteiger partial charge in [-0.2, -0.15) is 0 Å². The van der Waals surface area contributed by atoms with Crippen LogP contribution in [-0.4, -0.2) is 21.2 Å². The minimum absolute atomic E-state index is 0.0863. The fourth-order valence-electron chi connectivity index (χ4n) is 2.36. The third kappa shape index (κ3) is 3.49. The molecule has 0 aliphatic carbocycles. The first-order chi connectivity index (χ1) is 11.5. The first kappa shape index (κ1) is 16.3. The highest BCUT2D eigenvalue weighted by atomic mass is 32.2. The van der Waals surface area contributed by atoms with Crippen LogP contribution in [0.4, 0.5) is 5.82 Å². The second-order valence-electron chi connectivity index (χ2n) is 5.48. The molecule has 122 valence electrons. The van der Waals surface area contributed by atoms with Gasteiger partial charge in [-0.25, -0.2) is 4.98 Å². The van der Waals surface area contributed by atoms with Crippen LogP contribution in [0.25, 0.3) is 10.9 Å². The molecule has 0 unspecified atom stereocenters. The molecular formula is C18H17N3O2S. The molecule has 24 heavy (non-hydrogen) atoms. The van der Waals surface area contributed by atoms with Gasteiger partial charge in [0.2, 0.25) is 5.91 Å².